The molecule has 6 rings (SSSR count). The summed E-state index contributed by atoms with van der Waals surface area (Å²) < 4.78 is 20.1. The van der Waals surface area contributed by atoms with E-state index in [0.29, 0.717) is 18.5 Å². The van der Waals surface area contributed by atoms with Gasteiger partial charge < -0.3 is 25.2 Å². The summed E-state index contributed by atoms with van der Waals surface area (Å²) >= 11 is 1.55. The number of halogens is 1. The van der Waals surface area contributed by atoms with E-state index in [9.17, 15) is 18.8 Å². The molecule has 11 heteroatoms. The van der Waals surface area contributed by atoms with Crippen LogP contribution >= 0.6 is 11.3 Å². The molecule has 0 unspecified atom stereocenters. The van der Waals surface area contributed by atoms with E-state index < -0.39 is 18.0 Å². The van der Waals surface area contributed by atoms with E-state index in [0.717, 1.165) is 49.8 Å². The predicted molar refractivity (Wildman–Crippen MR) is 176 cm³/mol. The van der Waals surface area contributed by atoms with E-state index in [1.165, 1.54) is 48.9 Å². The van der Waals surface area contributed by atoms with Crippen LogP contribution in [0.15, 0.2) is 48.0 Å². The molecule has 2 N–H and O–H groups in total. The van der Waals surface area contributed by atoms with Gasteiger partial charge in [0.25, 0.3) is 0 Å². The molecule has 3 amide bonds. The van der Waals surface area contributed by atoms with E-state index in [1.807, 2.05) is 17.5 Å². The quantitative estimate of drug-likeness (QED) is 0.294. The van der Waals surface area contributed by atoms with Gasteiger partial charge in [0.2, 0.25) is 11.8 Å². The molecule has 1 aromatic carbocycles. The van der Waals surface area contributed by atoms with Crippen LogP contribution in [0.5, 0.6) is 5.75 Å². The number of pyridine rings is 1. The molecule has 2 aliphatic carbocycles. The molecule has 2 atom stereocenters. The van der Waals surface area contributed by atoms with Gasteiger partial charge in [-0.1, -0.05) is 57.4 Å². The average molecular weight is 650 g/mol. The van der Waals surface area contributed by atoms with Crippen LogP contribution in [-0.4, -0.2) is 70.5 Å². The lowest BCUT2D eigenvalue weighted by atomic mass is 9.83. The summed E-state index contributed by atoms with van der Waals surface area (Å²) in [4.78, 5) is 50.1. The van der Waals surface area contributed by atoms with Crippen LogP contribution in [0.2, 0.25) is 0 Å². The zero-order valence-corrected chi connectivity index (χ0v) is 27.1. The van der Waals surface area contributed by atoms with E-state index >= 15 is 0 Å². The number of hydrogen-bond acceptors (Lipinski definition) is 7. The van der Waals surface area contributed by atoms with E-state index in [1.54, 1.807) is 28.4 Å². The van der Waals surface area contributed by atoms with Crippen LogP contribution in [0.25, 0.3) is 10.9 Å². The molecule has 46 heavy (non-hydrogen) atoms. The highest BCUT2D eigenvalue weighted by atomic mass is 32.1. The summed E-state index contributed by atoms with van der Waals surface area (Å²) in [6, 6.07) is 8.78. The van der Waals surface area contributed by atoms with Crippen molar-refractivity contribution < 1.29 is 23.5 Å². The fourth-order valence-corrected chi connectivity index (χ4v) is 7.89. The summed E-state index contributed by atoms with van der Waals surface area (Å²) in [6.45, 7) is 0.762. The Kier molecular flexibility index (Phi) is 10.8. The molecule has 1 aliphatic heterocycles. The SMILES string of the molecule is O=C(NCc1cccs1)[C@@H]1CN(C(=O)Oc2ccc(F)c3cccnc23)CCN1C(=O)[C@@H](CC1CCCCC1)NC1CCCCC1. The van der Waals surface area contributed by atoms with E-state index in [-0.39, 0.29) is 54.1 Å². The lowest BCUT2D eigenvalue weighted by molar-refractivity contribution is -0.145. The van der Waals surface area contributed by atoms with Gasteiger partial charge in [0.05, 0.1) is 19.1 Å². The lowest BCUT2D eigenvalue weighted by Crippen LogP contribution is -2.64. The number of ether oxygens (including phenoxy) is 1. The summed E-state index contributed by atoms with van der Waals surface area (Å²) in [6.07, 6.45) is 13.2. The van der Waals surface area contributed by atoms with Gasteiger partial charge >= 0.3 is 6.09 Å². The van der Waals surface area contributed by atoms with Crippen LogP contribution in [0.4, 0.5) is 9.18 Å². The largest absolute Gasteiger partial charge is 0.415 e. The Morgan fingerprint density at radius 1 is 0.978 bits per heavy atom. The third kappa shape index (κ3) is 7.86. The number of piperazine rings is 1. The number of nitrogens with zero attached hydrogens (tertiary/aromatic N) is 3. The average Bonchev–Trinajstić information content (AvgIpc) is 3.62. The number of carbonyl (C=O) groups is 3. The molecule has 2 aromatic heterocycles. The van der Waals surface area contributed by atoms with Crippen molar-refractivity contribution in [3.8, 4) is 5.75 Å². The van der Waals surface area contributed by atoms with Gasteiger partial charge in [0.1, 0.15) is 17.4 Å². The highest BCUT2D eigenvalue weighted by molar-refractivity contribution is 7.09. The zero-order valence-electron chi connectivity index (χ0n) is 26.3. The van der Waals surface area contributed by atoms with Crippen LogP contribution in [-0.2, 0) is 16.1 Å². The molecular weight excluding hydrogens is 605 g/mol. The highest BCUT2D eigenvalue weighted by Crippen LogP contribution is 2.30. The molecule has 3 aliphatic rings. The lowest BCUT2D eigenvalue weighted by Gasteiger charge is -2.42. The first-order chi connectivity index (χ1) is 22.5. The monoisotopic (exact) mass is 649 g/mol. The van der Waals surface area contributed by atoms with Crippen molar-refractivity contribution in [2.24, 2.45) is 5.92 Å². The molecule has 3 fully saturated rings. The number of amides is 3. The maximum absolute atomic E-state index is 14.4. The number of benzene rings is 1. The predicted octanol–water partition coefficient (Wildman–Crippen LogP) is 6.02. The van der Waals surface area contributed by atoms with Gasteiger partial charge in [-0.2, -0.15) is 0 Å². The number of fused-ring (bicyclic) bond motifs is 1. The Hall–Kier alpha value is -3.57. The first-order valence-corrected chi connectivity index (χ1v) is 17.7. The summed E-state index contributed by atoms with van der Waals surface area (Å²) in [5.41, 5.74) is 0.245. The van der Waals surface area contributed by atoms with E-state index in [2.05, 4.69) is 15.6 Å². The maximum Gasteiger partial charge on any atom is 0.415 e. The minimum Gasteiger partial charge on any atom is -0.408 e. The number of rotatable bonds is 9. The first-order valence-electron chi connectivity index (χ1n) is 16.8. The van der Waals surface area contributed by atoms with Crippen LogP contribution in [0, 0.1) is 11.7 Å². The number of carbonyl (C=O) groups excluding carboxylic acids is 3. The van der Waals surface area contributed by atoms with Crippen molar-refractivity contribution in [2.75, 3.05) is 19.6 Å². The van der Waals surface area contributed by atoms with Crippen molar-refractivity contribution in [1.29, 1.82) is 0 Å². The Bertz CT molecular complexity index is 1470. The molecule has 0 bridgehead atoms. The molecule has 246 valence electrons. The van der Waals surface area contributed by atoms with Crippen molar-refractivity contribution in [2.45, 2.75) is 95.3 Å². The van der Waals surface area contributed by atoms with Crippen LogP contribution < -0.4 is 15.4 Å². The Balaban J connectivity index is 1.21. The molecule has 0 spiro atoms. The number of thiophene rings is 1. The van der Waals surface area contributed by atoms with Gasteiger partial charge in [-0.3, -0.25) is 14.6 Å². The number of hydrogen-bond donors (Lipinski definition) is 2. The summed E-state index contributed by atoms with van der Waals surface area (Å²) in [5.74, 6) is -0.192. The topological polar surface area (TPSA) is 104 Å². The molecule has 9 nitrogen and oxygen atoms in total. The van der Waals surface area contributed by atoms with Crippen molar-refractivity contribution in [1.82, 2.24) is 25.4 Å². The van der Waals surface area contributed by atoms with Crippen LogP contribution in [0.3, 0.4) is 0 Å². The second kappa shape index (κ2) is 15.3. The zero-order chi connectivity index (χ0) is 31.9. The second-order valence-electron chi connectivity index (χ2n) is 12.9. The van der Waals surface area contributed by atoms with Gasteiger partial charge in [0, 0.05) is 35.6 Å². The molecule has 2 saturated carbocycles. The number of nitrogens with one attached hydrogen (secondary N) is 2. The molecular formula is C35H44FN5O4S. The Morgan fingerprint density at radius 2 is 1.76 bits per heavy atom. The van der Waals surface area contributed by atoms with Gasteiger partial charge in [-0.25, -0.2) is 9.18 Å². The third-order valence-corrected chi connectivity index (χ3v) is 10.6. The molecule has 3 heterocycles. The standard InChI is InChI=1S/C35H44FN5O4S/c36-28-15-16-31(32-27(28)14-7-17-37-32)45-35(44)40-18-19-41(30(23-40)33(42)38-22-26-13-8-20-46-26)34(43)29(21-24-9-3-1-4-10-24)39-25-11-5-2-6-12-25/h7-8,13-17,20,24-25,29-30,39H,1-6,9-12,18-19,21-23H2,(H,38,42)/t29-,30+/m1/s1. The van der Waals surface area contributed by atoms with Crippen molar-refractivity contribution in [3.63, 3.8) is 0 Å². The Labute approximate surface area is 273 Å². The number of aromatic nitrogens is 1. The summed E-state index contributed by atoms with van der Waals surface area (Å²) in [5, 5.41) is 8.95. The maximum atomic E-state index is 14.4. The van der Waals surface area contributed by atoms with Crippen molar-refractivity contribution in [3.05, 3.63) is 58.7 Å². The summed E-state index contributed by atoms with van der Waals surface area (Å²) in [7, 11) is 0. The first kappa shape index (κ1) is 32.4. The van der Waals surface area contributed by atoms with Gasteiger partial charge in [0.15, 0.2) is 5.75 Å². The Morgan fingerprint density at radius 3 is 2.52 bits per heavy atom. The smallest absolute Gasteiger partial charge is 0.408 e. The van der Waals surface area contributed by atoms with Crippen molar-refractivity contribution >= 4 is 40.1 Å². The molecule has 0 radical (unpaired) electrons. The van der Waals surface area contributed by atoms with Crippen LogP contribution in [0.1, 0.15) is 75.5 Å². The molecule has 1 saturated heterocycles. The third-order valence-electron chi connectivity index (χ3n) is 9.75. The fourth-order valence-electron chi connectivity index (χ4n) is 7.25. The normalized spacial score (nSPS) is 20.4. The minimum atomic E-state index is -0.876. The van der Waals surface area contributed by atoms with E-state index in [4.69, 9.17) is 4.74 Å². The highest BCUT2D eigenvalue weighted by Gasteiger charge is 2.41. The van der Waals surface area contributed by atoms with Gasteiger partial charge in [-0.15, -0.1) is 11.3 Å². The minimum absolute atomic E-state index is 0.00696. The molecule has 3 aromatic rings. The second-order valence-corrected chi connectivity index (χ2v) is 13.9. The van der Waals surface area contributed by atoms with Gasteiger partial charge in [-0.05, 0) is 60.9 Å². The fraction of sp³-hybridized carbons (Fsp3) is 0.543.